The fraction of sp³-hybridized carbons (Fsp3) is 0.0769. The lowest BCUT2D eigenvalue weighted by Gasteiger charge is -1.96. The minimum absolute atomic E-state index is 0.226. The van der Waals surface area contributed by atoms with Crippen molar-refractivity contribution in [3.05, 3.63) is 62.2 Å². The van der Waals surface area contributed by atoms with E-state index in [2.05, 4.69) is 20.2 Å². The standard InChI is InChI=1S/C13H10N4O2S2/c18-10-12(16-17-13(19)15-10)21-7-9-6-20-11(14-9)8-4-2-1-3-5-8/h1-6H,7H2,(H2,15,17,18,19). The summed E-state index contributed by atoms with van der Waals surface area (Å²) in [5, 5.41) is 9.04. The van der Waals surface area contributed by atoms with Crippen LogP contribution in [-0.4, -0.2) is 20.2 Å². The molecule has 0 aliphatic heterocycles. The third-order valence-corrected chi connectivity index (χ3v) is 4.54. The first kappa shape index (κ1) is 13.8. The van der Waals surface area contributed by atoms with Crippen LogP contribution in [0.3, 0.4) is 0 Å². The molecule has 0 amide bonds. The summed E-state index contributed by atoms with van der Waals surface area (Å²) in [6.07, 6.45) is 0. The molecule has 2 aromatic heterocycles. The molecule has 6 nitrogen and oxygen atoms in total. The molecule has 106 valence electrons. The largest absolute Gasteiger partial charge is 0.342 e. The molecule has 0 unspecified atom stereocenters. The Kier molecular flexibility index (Phi) is 3.98. The minimum Gasteiger partial charge on any atom is -0.271 e. The zero-order chi connectivity index (χ0) is 14.7. The van der Waals surface area contributed by atoms with E-state index in [4.69, 9.17) is 0 Å². The van der Waals surface area contributed by atoms with Crippen LogP contribution in [0.25, 0.3) is 10.6 Å². The Hall–Kier alpha value is -2.19. The molecule has 0 saturated carbocycles. The van der Waals surface area contributed by atoms with Gasteiger partial charge >= 0.3 is 5.69 Å². The number of nitrogens with zero attached hydrogens (tertiary/aromatic N) is 2. The summed E-state index contributed by atoms with van der Waals surface area (Å²) >= 11 is 2.79. The fourth-order valence-electron chi connectivity index (χ4n) is 1.66. The highest BCUT2D eigenvalue weighted by atomic mass is 32.2. The molecule has 21 heavy (non-hydrogen) atoms. The monoisotopic (exact) mass is 318 g/mol. The van der Waals surface area contributed by atoms with Crippen molar-refractivity contribution in [1.29, 1.82) is 0 Å². The molecule has 0 bridgehead atoms. The van der Waals surface area contributed by atoms with Crippen LogP contribution >= 0.6 is 23.1 Å². The van der Waals surface area contributed by atoms with Gasteiger partial charge in [-0.15, -0.1) is 11.3 Å². The Balaban J connectivity index is 1.73. The van der Waals surface area contributed by atoms with Gasteiger partial charge in [-0.05, 0) is 0 Å². The first-order valence-electron chi connectivity index (χ1n) is 6.04. The number of thioether (sulfide) groups is 1. The summed E-state index contributed by atoms with van der Waals surface area (Å²) in [6, 6.07) is 9.90. The highest BCUT2D eigenvalue weighted by Gasteiger charge is 2.07. The Labute approximate surface area is 127 Å². The summed E-state index contributed by atoms with van der Waals surface area (Å²) in [5.74, 6) is 0.519. The molecule has 3 rings (SSSR count). The zero-order valence-corrected chi connectivity index (χ0v) is 12.3. The van der Waals surface area contributed by atoms with Crippen LogP contribution in [0.15, 0.2) is 50.3 Å². The van der Waals surface area contributed by atoms with Crippen molar-refractivity contribution < 1.29 is 0 Å². The predicted octanol–water partition coefficient (Wildman–Crippen LogP) is 1.87. The number of rotatable bonds is 4. The van der Waals surface area contributed by atoms with Crippen LogP contribution in [-0.2, 0) is 5.75 Å². The summed E-state index contributed by atoms with van der Waals surface area (Å²) in [4.78, 5) is 29.1. The van der Waals surface area contributed by atoms with Gasteiger partial charge in [0.2, 0.25) is 0 Å². The third kappa shape index (κ3) is 3.29. The average Bonchev–Trinajstić information content (AvgIpc) is 2.96. The van der Waals surface area contributed by atoms with E-state index >= 15 is 0 Å². The van der Waals surface area contributed by atoms with Crippen LogP contribution in [0, 0.1) is 0 Å². The molecule has 0 saturated heterocycles. The molecule has 0 aliphatic rings. The minimum atomic E-state index is -0.607. The number of H-pyrrole nitrogens is 2. The van der Waals surface area contributed by atoms with Gasteiger partial charge in [0, 0.05) is 16.7 Å². The molecule has 2 N–H and O–H groups in total. The average molecular weight is 318 g/mol. The van der Waals surface area contributed by atoms with Gasteiger partial charge in [0.05, 0.1) is 5.69 Å². The van der Waals surface area contributed by atoms with Crippen molar-refractivity contribution in [2.45, 2.75) is 10.8 Å². The van der Waals surface area contributed by atoms with Crippen LogP contribution in [0.1, 0.15) is 5.69 Å². The SMILES string of the molecule is O=c1[nH]nc(SCc2csc(-c3ccccc3)n2)c(=O)[nH]1. The topological polar surface area (TPSA) is 91.5 Å². The molecule has 1 aromatic carbocycles. The maximum absolute atomic E-state index is 11.5. The van der Waals surface area contributed by atoms with E-state index < -0.39 is 11.2 Å². The van der Waals surface area contributed by atoms with Crippen molar-refractivity contribution in [2.75, 3.05) is 0 Å². The molecule has 0 spiro atoms. The van der Waals surface area contributed by atoms with Gasteiger partial charge in [-0.3, -0.25) is 9.78 Å². The molecule has 2 heterocycles. The third-order valence-electron chi connectivity index (χ3n) is 2.61. The maximum atomic E-state index is 11.5. The van der Waals surface area contributed by atoms with Gasteiger partial charge in [0.25, 0.3) is 5.56 Å². The second kappa shape index (κ2) is 6.06. The van der Waals surface area contributed by atoms with E-state index in [1.807, 2.05) is 35.7 Å². The van der Waals surface area contributed by atoms with E-state index in [-0.39, 0.29) is 5.03 Å². The quantitative estimate of drug-likeness (QED) is 0.717. The smallest absolute Gasteiger partial charge is 0.271 e. The first-order chi connectivity index (χ1) is 10.2. The molecule has 0 aliphatic carbocycles. The lowest BCUT2D eigenvalue weighted by atomic mass is 10.2. The second-order valence-corrected chi connectivity index (χ2v) is 5.93. The molecule has 3 aromatic rings. The number of thiazole rings is 1. The van der Waals surface area contributed by atoms with E-state index in [0.29, 0.717) is 5.75 Å². The zero-order valence-electron chi connectivity index (χ0n) is 10.7. The van der Waals surface area contributed by atoms with Crippen molar-refractivity contribution in [2.24, 2.45) is 0 Å². The van der Waals surface area contributed by atoms with Crippen LogP contribution in [0.4, 0.5) is 0 Å². The lowest BCUT2D eigenvalue weighted by Crippen LogP contribution is -2.24. The van der Waals surface area contributed by atoms with Crippen molar-refractivity contribution in [1.82, 2.24) is 20.2 Å². The van der Waals surface area contributed by atoms with Crippen molar-refractivity contribution in [3.8, 4) is 10.6 Å². The second-order valence-electron chi connectivity index (χ2n) is 4.11. The number of aromatic amines is 2. The summed E-state index contributed by atoms with van der Waals surface area (Å²) in [7, 11) is 0. The van der Waals surface area contributed by atoms with E-state index in [0.717, 1.165) is 16.3 Å². The number of hydrogen-bond acceptors (Lipinski definition) is 6. The highest BCUT2D eigenvalue weighted by Crippen LogP contribution is 2.26. The summed E-state index contributed by atoms with van der Waals surface area (Å²) in [5.41, 5.74) is 0.849. The van der Waals surface area contributed by atoms with Crippen LogP contribution < -0.4 is 11.2 Å². The van der Waals surface area contributed by atoms with Crippen LogP contribution in [0.5, 0.6) is 0 Å². The van der Waals surface area contributed by atoms with Gasteiger partial charge in [-0.1, -0.05) is 42.1 Å². The van der Waals surface area contributed by atoms with Crippen LogP contribution in [0.2, 0.25) is 0 Å². The molecule has 8 heteroatoms. The van der Waals surface area contributed by atoms with Crippen molar-refractivity contribution in [3.63, 3.8) is 0 Å². The summed E-state index contributed by atoms with van der Waals surface area (Å²) < 4.78 is 0. The Bertz CT molecular complexity index is 854. The Morgan fingerprint density at radius 1 is 1.19 bits per heavy atom. The predicted molar refractivity (Wildman–Crippen MR) is 82.6 cm³/mol. The number of benzene rings is 1. The highest BCUT2D eigenvalue weighted by molar-refractivity contribution is 7.98. The number of hydrogen-bond donors (Lipinski definition) is 2. The first-order valence-corrected chi connectivity index (χ1v) is 7.90. The van der Waals surface area contributed by atoms with E-state index in [9.17, 15) is 9.59 Å². The molecular weight excluding hydrogens is 308 g/mol. The molecule has 0 fully saturated rings. The van der Waals surface area contributed by atoms with Crippen molar-refractivity contribution >= 4 is 23.1 Å². The Morgan fingerprint density at radius 2 is 2.00 bits per heavy atom. The van der Waals surface area contributed by atoms with Gasteiger partial charge in [-0.25, -0.2) is 14.9 Å². The number of aromatic nitrogens is 4. The van der Waals surface area contributed by atoms with Gasteiger partial charge in [0.1, 0.15) is 5.01 Å². The Morgan fingerprint density at radius 3 is 2.76 bits per heavy atom. The number of nitrogens with one attached hydrogen (secondary N) is 2. The molecule has 0 atom stereocenters. The summed E-state index contributed by atoms with van der Waals surface area (Å²) in [6.45, 7) is 0. The van der Waals surface area contributed by atoms with Gasteiger partial charge < -0.3 is 0 Å². The lowest BCUT2D eigenvalue weighted by molar-refractivity contribution is 0.806. The van der Waals surface area contributed by atoms with E-state index in [1.54, 1.807) is 11.3 Å². The maximum Gasteiger partial charge on any atom is 0.342 e. The van der Waals surface area contributed by atoms with E-state index in [1.165, 1.54) is 11.8 Å². The van der Waals surface area contributed by atoms with Gasteiger partial charge in [0.15, 0.2) is 5.03 Å². The molecule has 0 radical (unpaired) electrons. The fourth-order valence-corrected chi connectivity index (χ4v) is 3.32. The van der Waals surface area contributed by atoms with Gasteiger partial charge in [-0.2, -0.15) is 5.10 Å². The molecular formula is C13H10N4O2S2. The normalized spacial score (nSPS) is 10.7.